The van der Waals surface area contributed by atoms with E-state index in [9.17, 15) is 13.5 Å². The molecule has 19 heavy (non-hydrogen) atoms. The third kappa shape index (κ3) is 3.34. The number of aliphatic hydroxyl groups is 1. The molecule has 0 bridgehead atoms. The number of rotatable bonds is 5. The van der Waals surface area contributed by atoms with Crippen molar-refractivity contribution >= 4 is 10.0 Å². The van der Waals surface area contributed by atoms with E-state index in [-0.39, 0.29) is 11.2 Å². The number of ether oxygens (including phenoxy) is 1. The van der Waals surface area contributed by atoms with E-state index in [0.29, 0.717) is 31.9 Å². The summed E-state index contributed by atoms with van der Waals surface area (Å²) in [5.74, 6) is 0.444. The van der Waals surface area contributed by atoms with Crippen molar-refractivity contribution in [3.63, 3.8) is 0 Å². The minimum Gasteiger partial charge on any atom is -0.447 e. The molecular weight excluding hydrogens is 272 g/mol. The molecule has 1 aliphatic rings. The SMILES string of the molecule is CC1OCCC1(O)CNCc1ccc(S(N)(=O)=O)o1. The summed E-state index contributed by atoms with van der Waals surface area (Å²) in [6.45, 7) is 3.01. The molecule has 8 heteroatoms. The van der Waals surface area contributed by atoms with Crippen LogP contribution >= 0.6 is 0 Å². The molecule has 0 aliphatic carbocycles. The van der Waals surface area contributed by atoms with Gasteiger partial charge in [-0.2, -0.15) is 0 Å². The Morgan fingerprint density at radius 1 is 1.58 bits per heavy atom. The summed E-state index contributed by atoms with van der Waals surface area (Å²) in [7, 11) is -3.81. The predicted octanol–water partition coefficient (Wildman–Crippen LogP) is -0.443. The number of hydrogen-bond donors (Lipinski definition) is 3. The number of nitrogens with two attached hydrogens (primary N) is 1. The largest absolute Gasteiger partial charge is 0.447 e. The normalized spacial score (nSPS) is 27.8. The van der Waals surface area contributed by atoms with E-state index in [1.165, 1.54) is 12.1 Å². The van der Waals surface area contributed by atoms with E-state index in [4.69, 9.17) is 14.3 Å². The standard InChI is InChI=1S/C11H18N2O5S/c1-8-11(14,4-5-17-8)7-13-6-9-2-3-10(18-9)19(12,15)16/h2-3,8,13-14H,4-7H2,1H3,(H2,12,15,16). The maximum absolute atomic E-state index is 11.0. The second-order valence-corrected chi connectivity index (χ2v) is 6.23. The molecule has 0 aromatic carbocycles. The van der Waals surface area contributed by atoms with Crippen molar-refractivity contribution < 1.29 is 22.7 Å². The monoisotopic (exact) mass is 290 g/mol. The number of sulfonamides is 1. The van der Waals surface area contributed by atoms with Crippen LogP contribution in [-0.4, -0.2) is 38.4 Å². The number of nitrogens with one attached hydrogen (secondary N) is 1. The van der Waals surface area contributed by atoms with Crippen LogP contribution < -0.4 is 10.5 Å². The van der Waals surface area contributed by atoms with Crippen molar-refractivity contribution in [1.82, 2.24) is 5.32 Å². The Bertz CT molecular complexity index is 541. The first-order valence-electron chi connectivity index (χ1n) is 5.97. The second kappa shape index (κ2) is 5.22. The molecule has 2 unspecified atom stereocenters. The van der Waals surface area contributed by atoms with E-state index in [1.54, 1.807) is 0 Å². The fourth-order valence-electron chi connectivity index (χ4n) is 2.01. The van der Waals surface area contributed by atoms with Crippen LogP contribution in [0.4, 0.5) is 0 Å². The smallest absolute Gasteiger partial charge is 0.271 e. The van der Waals surface area contributed by atoms with Gasteiger partial charge in [0.05, 0.1) is 12.6 Å². The van der Waals surface area contributed by atoms with Gasteiger partial charge in [-0.3, -0.25) is 0 Å². The van der Waals surface area contributed by atoms with Crippen LogP contribution in [0.25, 0.3) is 0 Å². The molecule has 2 atom stereocenters. The van der Waals surface area contributed by atoms with Crippen LogP contribution in [0.3, 0.4) is 0 Å². The van der Waals surface area contributed by atoms with Gasteiger partial charge in [0.15, 0.2) is 0 Å². The van der Waals surface area contributed by atoms with Gasteiger partial charge in [0.2, 0.25) is 5.09 Å². The van der Waals surface area contributed by atoms with Gasteiger partial charge in [0.1, 0.15) is 11.4 Å². The molecule has 4 N–H and O–H groups in total. The Balaban J connectivity index is 1.88. The Labute approximate surface area is 111 Å². The fraction of sp³-hybridized carbons (Fsp3) is 0.636. The molecule has 1 aromatic rings. The average molecular weight is 290 g/mol. The fourth-order valence-corrected chi connectivity index (χ4v) is 2.49. The molecule has 2 heterocycles. The summed E-state index contributed by atoms with van der Waals surface area (Å²) in [6.07, 6.45) is 0.346. The zero-order chi connectivity index (χ0) is 14.1. The highest BCUT2D eigenvalue weighted by Gasteiger charge is 2.39. The quantitative estimate of drug-likeness (QED) is 0.677. The maximum Gasteiger partial charge on any atom is 0.271 e. The third-order valence-electron chi connectivity index (χ3n) is 3.31. The molecule has 0 saturated carbocycles. The first-order chi connectivity index (χ1) is 8.81. The Morgan fingerprint density at radius 2 is 2.32 bits per heavy atom. The summed E-state index contributed by atoms with van der Waals surface area (Å²) in [4.78, 5) is 0. The van der Waals surface area contributed by atoms with Gasteiger partial charge in [-0.05, 0) is 19.1 Å². The third-order valence-corrected chi connectivity index (χ3v) is 4.09. The van der Waals surface area contributed by atoms with Crippen molar-refractivity contribution in [2.24, 2.45) is 5.14 Å². The number of primary sulfonamides is 1. The molecule has 0 amide bonds. The van der Waals surface area contributed by atoms with Crippen LogP contribution in [0.15, 0.2) is 21.6 Å². The lowest BCUT2D eigenvalue weighted by molar-refractivity contribution is -0.0265. The van der Waals surface area contributed by atoms with E-state index in [0.717, 1.165) is 0 Å². The molecule has 1 aliphatic heterocycles. The highest BCUT2D eigenvalue weighted by molar-refractivity contribution is 7.89. The van der Waals surface area contributed by atoms with Crippen LogP contribution in [0.5, 0.6) is 0 Å². The van der Waals surface area contributed by atoms with Crippen LogP contribution in [0.2, 0.25) is 0 Å². The Kier molecular flexibility index (Phi) is 3.98. The van der Waals surface area contributed by atoms with E-state index in [1.807, 2.05) is 6.92 Å². The van der Waals surface area contributed by atoms with Gasteiger partial charge in [-0.15, -0.1) is 0 Å². The van der Waals surface area contributed by atoms with E-state index in [2.05, 4.69) is 5.32 Å². The van der Waals surface area contributed by atoms with Gasteiger partial charge in [-0.1, -0.05) is 0 Å². The van der Waals surface area contributed by atoms with Crippen LogP contribution in [0.1, 0.15) is 19.1 Å². The Morgan fingerprint density at radius 3 is 2.84 bits per heavy atom. The molecule has 0 spiro atoms. The highest BCUT2D eigenvalue weighted by atomic mass is 32.2. The second-order valence-electron chi connectivity index (χ2n) is 4.74. The van der Waals surface area contributed by atoms with E-state index >= 15 is 0 Å². The summed E-state index contributed by atoms with van der Waals surface area (Å²) in [5, 5.41) is 17.9. The number of furan rings is 1. The first kappa shape index (κ1) is 14.5. The van der Waals surface area contributed by atoms with Crippen molar-refractivity contribution in [3.8, 4) is 0 Å². The van der Waals surface area contributed by atoms with Crippen molar-refractivity contribution in [2.45, 2.75) is 36.7 Å². The number of hydrogen-bond acceptors (Lipinski definition) is 6. The van der Waals surface area contributed by atoms with E-state index < -0.39 is 15.6 Å². The predicted molar refractivity (Wildman–Crippen MR) is 66.8 cm³/mol. The summed E-state index contributed by atoms with van der Waals surface area (Å²) in [5.41, 5.74) is -0.893. The molecule has 0 radical (unpaired) electrons. The van der Waals surface area contributed by atoms with Gasteiger partial charge < -0.3 is 19.6 Å². The lowest BCUT2D eigenvalue weighted by Crippen LogP contribution is -2.45. The molecule has 1 aromatic heterocycles. The summed E-state index contributed by atoms with van der Waals surface area (Å²) in [6, 6.07) is 2.84. The minimum absolute atomic E-state index is 0.225. The van der Waals surface area contributed by atoms with Crippen molar-refractivity contribution in [3.05, 3.63) is 17.9 Å². The molecule has 7 nitrogen and oxygen atoms in total. The highest BCUT2D eigenvalue weighted by Crippen LogP contribution is 2.24. The molecular formula is C11H18N2O5S. The Hall–Kier alpha value is -0.930. The lowest BCUT2D eigenvalue weighted by atomic mass is 9.97. The van der Waals surface area contributed by atoms with Gasteiger partial charge >= 0.3 is 0 Å². The summed E-state index contributed by atoms with van der Waals surface area (Å²) < 4.78 is 32.5. The minimum atomic E-state index is -3.81. The van der Waals surface area contributed by atoms with Gasteiger partial charge in [0.25, 0.3) is 10.0 Å². The first-order valence-corrected chi connectivity index (χ1v) is 7.52. The maximum atomic E-state index is 11.0. The lowest BCUT2D eigenvalue weighted by Gasteiger charge is -2.26. The van der Waals surface area contributed by atoms with Crippen molar-refractivity contribution in [1.29, 1.82) is 0 Å². The van der Waals surface area contributed by atoms with Gasteiger partial charge in [-0.25, -0.2) is 13.6 Å². The summed E-state index contributed by atoms with van der Waals surface area (Å²) >= 11 is 0. The van der Waals surface area contributed by atoms with Crippen LogP contribution in [0, 0.1) is 0 Å². The molecule has 1 fully saturated rings. The topological polar surface area (TPSA) is 115 Å². The molecule has 1 saturated heterocycles. The average Bonchev–Trinajstić information content (AvgIpc) is 2.88. The van der Waals surface area contributed by atoms with Gasteiger partial charge in [0, 0.05) is 19.6 Å². The van der Waals surface area contributed by atoms with Crippen LogP contribution in [-0.2, 0) is 21.3 Å². The zero-order valence-corrected chi connectivity index (χ0v) is 11.4. The zero-order valence-electron chi connectivity index (χ0n) is 10.6. The molecule has 2 rings (SSSR count). The molecule has 108 valence electrons. The van der Waals surface area contributed by atoms with Crippen molar-refractivity contribution in [2.75, 3.05) is 13.2 Å².